The van der Waals surface area contributed by atoms with Gasteiger partial charge in [0.15, 0.2) is 0 Å². The third-order valence-corrected chi connectivity index (χ3v) is 9.71. The Hall–Kier alpha value is -0.900. The maximum Gasteiger partial charge on any atom is 0.240 e. The Bertz CT molecular complexity index is 929. The van der Waals surface area contributed by atoms with E-state index in [9.17, 15) is 15.0 Å². The Balaban J connectivity index is 1.60. The number of methoxy groups -OCH3 is 1. The van der Waals surface area contributed by atoms with E-state index in [0.717, 1.165) is 10.9 Å². The molecule has 1 aliphatic heterocycles. The van der Waals surface area contributed by atoms with Crippen LogP contribution in [0, 0.1) is 29.1 Å². The van der Waals surface area contributed by atoms with Gasteiger partial charge >= 0.3 is 0 Å². The van der Waals surface area contributed by atoms with Crippen LogP contribution in [0.25, 0.3) is 0 Å². The lowest BCUT2D eigenvalue weighted by Gasteiger charge is -2.62. The third-order valence-electron chi connectivity index (χ3n) is 8.74. The van der Waals surface area contributed by atoms with Gasteiger partial charge in [0.25, 0.3) is 0 Å². The molecule has 3 N–H and O–H groups in total. The first-order valence-electron chi connectivity index (χ1n) is 12.0. The molecule has 1 heterocycles. The second-order valence-electron chi connectivity index (χ2n) is 10.8. The van der Waals surface area contributed by atoms with E-state index >= 15 is 0 Å². The van der Waals surface area contributed by atoms with Gasteiger partial charge in [0, 0.05) is 22.5 Å². The zero-order chi connectivity index (χ0) is 24.9. The van der Waals surface area contributed by atoms with Crippen LogP contribution in [-0.4, -0.2) is 59.2 Å². The van der Waals surface area contributed by atoms with Crippen molar-refractivity contribution >= 4 is 33.4 Å². The number of halogens is 2. The predicted molar refractivity (Wildman–Crippen MR) is 133 cm³/mol. The van der Waals surface area contributed by atoms with E-state index in [1.165, 1.54) is 6.42 Å². The number of hydrogen-bond donors (Lipinski definition) is 3. The van der Waals surface area contributed by atoms with Crippen molar-refractivity contribution in [3.63, 3.8) is 0 Å². The van der Waals surface area contributed by atoms with Crippen molar-refractivity contribution in [3.05, 3.63) is 27.2 Å². The van der Waals surface area contributed by atoms with Gasteiger partial charge in [-0.15, -0.1) is 0 Å². The van der Waals surface area contributed by atoms with Crippen molar-refractivity contribution in [1.82, 2.24) is 10.4 Å². The molecule has 0 aromatic heterocycles. The lowest BCUT2D eigenvalue weighted by atomic mass is 9.45. The van der Waals surface area contributed by atoms with Gasteiger partial charge in [-0.1, -0.05) is 32.4 Å². The number of nitrogens with one attached hydrogen (secondary N) is 1. The lowest BCUT2D eigenvalue weighted by molar-refractivity contribution is -0.183. The maximum absolute atomic E-state index is 13.7. The minimum absolute atomic E-state index is 0.0814. The molecule has 1 saturated heterocycles. The van der Waals surface area contributed by atoms with Crippen LogP contribution in [0.1, 0.15) is 46.1 Å². The van der Waals surface area contributed by atoms with Crippen molar-refractivity contribution in [2.45, 2.75) is 71.4 Å². The van der Waals surface area contributed by atoms with Gasteiger partial charge in [-0.2, -0.15) is 5.06 Å². The molecule has 0 spiro atoms. The molecule has 5 rings (SSSR count). The summed E-state index contributed by atoms with van der Waals surface area (Å²) in [5, 5.41) is 25.9. The van der Waals surface area contributed by atoms with E-state index in [1.807, 2.05) is 0 Å². The number of hydroxylamine groups is 2. The molecule has 9 heteroatoms. The highest BCUT2D eigenvalue weighted by Crippen LogP contribution is 2.61. The normalized spacial score (nSPS) is 35.5. The Kier molecular flexibility index (Phi) is 7.59. The fourth-order valence-corrected chi connectivity index (χ4v) is 7.33. The number of amides is 1. The zero-order valence-corrected chi connectivity index (χ0v) is 22.8. The highest BCUT2D eigenvalue weighted by Gasteiger charge is 2.57. The maximum atomic E-state index is 13.7. The fourth-order valence-electron chi connectivity index (χ4n) is 6.58. The number of carbonyl (C=O) groups is 1. The molecule has 8 atom stereocenters. The molecule has 4 fully saturated rings. The first kappa shape index (κ1) is 26.2. The quantitative estimate of drug-likeness (QED) is 0.471. The Morgan fingerprint density at radius 3 is 2.68 bits per heavy atom. The molecule has 7 nitrogen and oxygen atoms in total. The minimum atomic E-state index is -0.853. The summed E-state index contributed by atoms with van der Waals surface area (Å²) < 4.78 is 6.28. The van der Waals surface area contributed by atoms with Gasteiger partial charge in [0.1, 0.15) is 17.9 Å². The van der Waals surface area contributed by atoms with Crippen molar-refractivity contribution in [1.29, 1.82) is 0 Å². The van der Waals surface area contributed by atoms with E-state index in [-0.39, 0.29) is 25.1 Å². The van der Waals surface area contributed by atoms with Crippen LogP contribution in [0.15, 0.2) is 16.6 Å². The van der Waals surface area contributed by atoms with Crippen LogP contribution in [0.3, 0.4) is 0 Å². The first-order valence-corrected chi connectivity index (χ1v) is 13.2. The number of aliphatic hydroxyl groups excluding tert-OH is 2. The molecule has 2 bridgehead atoms. The highest BCUT2D eigenvalue weighted by molar-refractivity contribution is 9.10. The summed E-state index contributed by atoms with van der Waals surface area (Å²) in [6, 6.07) is 2.85. The van der Waals surface area contributed by atoms with Crippen LogP contribution in [-0.2, 0) is 16.2 Å². The van der Waals surface area contributed by atoms with Gasteiger partial charge in [-0.25, -0.2) is 0 Å². The first-order chi connectivity index (χ1) is 16.0. The second kappa shape index (κ2) is 9.87. The molecule has 1 aromatic carbocycles. The number of nitrogens with zero attached hydrogens (tertiary/aromatic N) is 1. The summed E-state index contributed by atoms with van der Waals surface area (Å²) in [6.45, 7) is 8.38. The SMILES string of the molecule is COc1c(Br)ccc(Cl)c1CN1O[C@@H](CO)[C@@H]([C@H](C)O)[C@H]1C(=O)N[C@H]1C[C@H]2C[C@@H]([C@@H]1C)C2(C)C. The smallest absolute Gasteiger partial charge is 0.240 e. The van der Waals surface area contributed by atoms with Crippen molar-refractivity contribution in [3.8, 4) is 5.75 Å². The lowest BCUT2D eigenvalue weighted by Crippen LogP contribution is -2.62. The standard InChI is InChI=1S/C25H36BrClN2O5/c1-12-16-8-14(25(16,3)4)9-19(12)28-24(32)22-21(13(2)31)20(11-30)34-29(22)10-15-18(27)7-6-17(26)23(15)33-5/h6-7,12-14,16,19-22,30-31H,8-11H2,1-5H3,(H,28,32)/t12-,13-,14+,16-,19-,20-,21+,22-/m0/s1. The van der Waals surface area contributed by atoms with Crippen LogP contribution in [0.5, 0.6) is 5.75 Å². The largest absolute Gasteiger partial charge is 0.495 e. The molecule has 1 aromatic rings. The van der Waals surface area contributed by atoms with Crippen LogP contribution < -0.4 is 10.1 Å². The van der Waals surface area contributed by atoms with Crippen LogP contribution in [0.4, 0.5) is 0 Å². The van der Waals surface area contributed by atoms with Gasteiger partial charge in [0.2, 0.25) is 5.91 Å². The molecule has 4 aliphatic rings. The number of benzene rings is 1. The van der Waals surface area contributed by atoms with E-state index in [2.05, 4.69) is 42.0 Å². The van der Waals surface area contributed by atoms with Crippen LogP contribution in [0.2, 0.25) is 5.02 Å². The number of ether oxygens (including phenoxy) is 1. The summed E-state index contributed by atoms with van der Waals surface area (Å²) in [6.07, 6.45) is 0.624. The zero-order valence-electron chi connectivity index (χ0n) is 20.4. The number of carbonyl (C=O) groups excluding carboxylic acids is 1. The van der Waals surface area contributed by atoms with Gasteiger partial charge in [-0.05, 0) is 71.0 Å². The fraction of sp³-hybridized carbons (Fsp3) is 0.720. The molecule has 190 valence electrons. The van der Waals surface area contributed by atoms with Crippen LogP contribution >= 0.6 is 27.5 Å². The molecule has 1 amide bonds. The molecule has 3 saturated carbocycles. The van der Waals surface area contributed by atoms with Gasteiger partial charge in [0.05, 0.1) is 30.8 Å². The molecule has 3 aliphatic carbocycles. The number of rotatable bonds is 7. The highest BCUT2D eigenvalue weighted by atomic mass is 79.9. The Labute approximate surface area is 215 Å². The predicted octanol–water partition coefficient (Wildman–Crippen LogP) is 3.77. The summed E-state index contributed by atoms with van der Waals surface area (Å²) in [4.78, 5) is 19.8. The van der Waals surface area contributed by atoms with Crippen molar-refractivity contribution in [2.75, 3.05) is 13.7 Å². The number of aliphatic hydroxyl groups is 2. The second-order valence-corrected chi connectivity index (χ2v) is 12.0. The summed E-state index contributed by atoms with van der Waals surface area (Å²) in [5.74, 6) is 1.35. The summed E-state index contributed by atoms with van der Waals surface area (Å²) in [5.41, 5.74) is 0.981. The number of hydrogen-bond acceptors (Lipinski definition) is 6. The molecule has 0 unspecified atom stereocenters. The van der Waals surface area contributed by atoms with E-state index < -0.39 is 24.2 Å². The monoisotopic (exact) mass is 558 g/mol. The van der Waals surface area contributed by atoms with E-state index in [4.69, 9.17) is 21.2 Å². The Morgan fingerprint density at radius 2 is 2.12 bits per heavy atom. The molecule has 34 heavy (non-hydrogen) atoms. The number of fused-ring (bicyclic) bond motifs is 2. The van der Waals surface area contributed by atoms with Crippen molar-refractivity contribution in [2.24, 2.45) is 29.1 Å². The van der Waals surface area contributed by atoms with E-state index in [1.54, 1.807) is 31.2 Å². The molecular formula is C25H36BrClN2O5. The average molecular weight is 560 g/mol. The van der Waals surface area contributed by atoms with Gasteiger partial charge in [-0.3, -0.25) is 9.63 Å². The van der Waals surface area contributed by atoms with Gasteiger partial charge < -0.3 is 20.3 Å². The summed E-state index contributed by atoms with van der Waals surface area (Å²) >= 11 is 9.98. The molecule has 0 radical (unpaired) electrons. The van der Waals surface area contributed by atoms with Crippen molar-refractivity contribution < 1.29 is 24.6 Å². The minimum Gasteiger partial charge on any atom is -0.495 e. The average Bonchev–Trinajstić information content (AvgIpc) is 3.16. The third kappa shape index (κ3) is 4.39. The Morgan fingerprint density at radius 1 is 1.41 bits per heavy atom. The topological polar surface area (TPSA) is 91.3 Å². The molecular weight excluding hydrogens is 524 g/mol. The van der Waals surface area contributed by atoms with E-state index in [0.29, 0.717) is 39.5 Å². The summed E-state index contributed by atoms with van der Waals surface area (Å²) in [7, 11) is 1.56.